The monoisotopic (exact) mass is 233 g/mol. The first-order valence-electron chi connectivity index (χ1n) is 5.54. The van der Waals surface area contributed by atoms with E-state index in [4.69, 9.17) is 9.47 Å². The van der Waals surface area contributed by atoms with Crippen molar-refractivity contribution < 1.29 is 14.3 Å². The Kier molecular flexibility index (Phi) is 3.32. The second kappa shape index (κ2) is 4.91. The first-order chi connectivity index (χ1) is 8.20. The summed E-state index contributed by atoms with van der Waals surface area (Å²) in [4.78, 5) is 11.1. The summed E-state index contributed by atoms with van der Waals surface area (Å²) < 4.78 is 12.2. The molecule has 0 aliphatic carbocycles. The van der Waals surface area contributed by atoms with Gasteiger partial charge in [-0.25, -0.2) is 4.79 Å². The van der Waals surface area contributed by atoms with E-state index in [9.17, 15) is 4.79 Å². The highest BCUT2D eigenvalue weighted by molar-refractivity contribution is 5.81. The zero-order valence-electron chi connectivity index (χ0n) is 9.97. The highest BCUT2D eigenvalue weighted by Gasteiger charge is 2.04. The number of ether oxygens (including phenoxy) is 2. The lowest BCUT2D eigenvalue weighted by atomic mass is 10.2. The van der Waals surface area contributed by atoms with Gasteiger partial charge in [-0.05, 0) is 30.5 Å². The molecule has 2 rings (SSSR count). The average Bonchev–Trinajstić information content (AvgIpc) is 2.69. The Morgan fingerprint density at radius 3 is 2.94 bits per heavy atom. The Morgan fingerprint density at radius 2 is 2.18 bits per heavy atom. The van der Waals surface area contributed by atoms with Gasteiger partial charge in [0.15, 0.2) is 6.61 Å². The van der Waals surface area contributed by atoms with Crippen molar-refractivity contribution in [3.05, 3.63) is 30.5 Å². The van der Waals surface area contributed by atoms with Crippen LogP contribution in [0.3, 0.4) is 0 Å². The molecule has 0 N–H and O–H groups in total. The third-order valence-electron chi connectivity index (χ3n) is 2.52. The largest absolute Gasteiger partial charge is 0.482 e. The second-order valence-corrected chi connectivity index (χ2v) is 3.74. The van der Waals surface area contributed by atoms with Gasteiger partial charge in [0.2, 0.25) is 0 Å². The van der Waals surface area contributed by atoms with Crippen LogP contribution in [0, 0.1) is 0 Å². The molecule has 0 bridgehead atoms. The minimum absolute atomic E-state index is 0.0518. The molecule has 90 valence electrons. The van der Waals surface area contributed by atoms with Crippen LogP contribution in [0.4, 0.5) is 0 Å². The van der Waals surface area contributed by atoms with Crippen molar-refractivity contribution in [2.75, 3.05) is 13.2 Å². The molecule has 0 saturated carbocycles. The number of aryl methyl sites for hydroxylation is 1. The zero-order chi connectivity index (χ0) is 12.3. The van der Waals surface area contributed by atoms with Gasteiger partial charge in [-0.15, -0.1) is 0 Å². The number of hydrogen-bond acceptors (Lipinski definition) is 3. The van der Waals surface area contributed by atoms with Crippen LogP contribution in [-0.4, -0.2) is 23.8 Å². The van der Waals surface area contributed by atoms with E-state index in [1.807, 2.05) is 42.1 Å². The summed E-state index contributed by atoms with van der Waals surface area (Å²) >= 11 is 0. The highest BCUT2D eigenvalue weighted by atomic mass is 16.6. The van der Waals surface area contributed by atoms with Crippen molar-refractivity contribution in [1.82, 2.24) is 4.57 Å². The molecule has 0 atom stereocenters. The quantitative estimate of drug-likeness (QED) is 0.759. The normalized spacial score (nSPS) is 10.5. The lowest BCUT2D eigenvalue weighted by molar-refractivity contribution is -0.145. The van der Waals surface area contributed by atoms with Crippen LogP contribution in [0.15, 0.2) is 30.5 Å². The Hall–Kier alpha value is -1.97. The third kappa shape index (κ3) is 2.58. The molecule has 1 heterocycles. The van der Waals surface area contributed by atoms with E-state index < -0.39 is 0 Å². The van der Waals surface area contributed by atoms with E-state index in [1.54, 1.807) is 6.92 Å². The maximum atomic E-state index is 11.1. The van der Waals surface area contributed by atoms with E-state index in [-0.39, 0.29) is 12.6 Å². The molecule has 4 nitrogen and oxygen atoms in total. The van der Waals surface area contributed by atoms with E-state index in [0.29, 0.717) is 12.4 Å². The SMILES string of the molecule is CCOC(=O)COc1ccc2ccn(C)c2c1. The molecular weight excluding hydrogens is 218 g/mol. The molecule has 0 spiro atoms. The van der Waals surface area contributed by atoms with Crippen molar-refractivity contribution >= 4 is 16.9 Å². The van der Waals surface area contributed by atoms with Crippen molar-refractivity contribution in [2.24, 2.45) is 7.05 Å². The van der Waals surface area contributed by atoms with Crippen LogP contribution in [0.2, 0.25) is 0 Å². The van der Waals surface area contributed by atoms with Crippen molar-refractivity contribution in [3.63, 3.8) is 0 Å². The van der Waals surface area contributed by atoms with Gasteiger partial charge in [0.1, 0.15) is 5.75 Å². The maximum Gasteiger partial charge on any atom is 0.344 e. The third-order valence-corrected chi connectivity index (χ3v) is 2.52. The molecular formula is C13H15NO3. The molecule has 0 unspecified atom stereocenters. The Bertz CT molecular complexity index is 530. The van der Waals surface area contributed by atoms with E-state index in [0.717, 1.165) is 10.9 Å². The van der Waals surface area contributed by atoms with Crippen LogP contribution in [0.25, 0.3) is 10.9 Å². The molecule has 0 saturated heterocycles. The summed E-state index contributed by atoms with van der Waals surface area (Å²) in [6, 6.07) is 7.76. The van der Waals surface area contributed by atoms with Crippen LogP contribution >= 0.6 is 0 Å². The highest BCUT2D eigenvalue weighted by Crippen LogP contribution is 2.21. The molecule has 17 heavy (non-hydrogen) atoms. The smallest absolute Gasteiger partial charge is 0.344 e. The van der Waals surface area contributed by atoms with Crippen LogP contribution in [-0.2, 0) is 16.6 Å². The summed E-state index contributed by atoms with van der Waals surface area (Å²) in [5.74, 6) is 0.326. The van der Waals surface area contributed by atoms with E-state index >= 15 is 0 Å². The Balaban J connectivity index is 2.08. The fourth-order valence-electron chi connectivity index (χ4n) is 1.68. The summed E-state index contributed by atoms with van der Waals surface area (Å²) in [5, 5.41) is 1.15. The second-order valence-electron chi connectivity index (χ2n) is 3.74. The maximum absolute atomic E-state index is 11.1. The van der Waals surface area contributed by atoms with Gasteiger partial charge in [-0.3, -0.25) is 0 Å². The van der Waals surface area contributed by atoms with Crippen molar-refractivity contribution in [2.45, 2.75) is 6.92 Å². The van der Waals surface area contributed by atoms with Gasteiger partial charge in [-0.2, -0.15) is 0 Å². The number of hydrogen-bond donors (Lipinski definition) is 0. The number of carbonyl (C=O) groups is 1. The number of benzene rings is 1. The van der Waals surface area contributed by atoms with Gasteiger partial charge in [0.05, 0.1) is 12.1 Å². The molecule has 0 radical (unpaired) electrons. The Labute approximate surface area is 99.7 Å². The molecule has 2 aromatic rings. The number of esters is 1. The Morgan fingerprint density at radius 1 is 1.35 bits per heavy atom. The summed E-state index contributed by atoms with van der Waals surface area (Å²) in [6.07, 6.45) is 1.99. The minimum atomic E-state index is -0.348. The minimum Gasteiger partial charge on any atom is -0.482 e. The van der Waals surface area contributed by atoms with E-state index in [2.05, 4.69) is 0 Å². The predicted octanol–water partition coefficient (Wildman–Crippen LogP) is 2.12. The standard InChI is InChI=1S/C13H15NO3/c1-3-16-13(15)9-17-11-5-4-10-6-7-14(2)12(10)8-11/h4-8H,3,9H2,1-2H3. The van der Waals surface area contributed by atoms with Crippen LogP contribution in [0.1, 0.15) is 6.92 Å². The lowest BCUT2D eigenvalue weighted by Gasteiger charge is -2.06. The summed E-state index contributed by atoms with van der Waals surface area (Å²) in [7, 11) is 1.97. The van der Waals surface area contributed by atoms with Gasteiger partial charge < -0.3 is 14.0 Å². The fraction of sp³-hybridized carbons (Fsp3) is 0.308. The first kappa shape index (κ1) is 11.5. The number of aromatic nitrogens is 1. The fourth-order valence-corrected chi connectivity index (χ4v) is 1.68. The zero-order valence-corrected chi connectivity index (χ0v) is 9.97. The predicted molar refractivity (Wildman–Crippen MR) is 65.0 cm³/mol. The average molecular weight is 233 g/mol. The molecule has 4 heteroatoms. The number of fused-ring (bicyclic) bond motifs is 1. The van der Waals surface area contributed by atoms with Crippen molar-refractivity contribution in [3.8, 4) is 5.75 Å². The molecule has 0 fully saturated rings. The van der Waals surface area contributed by atoms with Gasteiger partial charge in [0.25, 0.3) is 0 Å². The first-order valence-corrected chi connectivity index (χ1v) is 5.54. The molecule has 1 aromatic carbocycles. The van der Waals surface area contributed by atoms with Crippen LogP contribution in [0.5, 0.6) is 5.75 Å². The summed E-state index contributed by atoms with van der Waals surface area (Å²) in [6.45, 7) is 2.09. The number of nitrogens with zero attached hydrogens (tertiary/aromatic N) is 1. The van der Waals surface area contributed by atoms with Crippen molar-refractivity contribution in [1.29, 1.82) is 0 Å². The van der Waals surface area contributed by atoms with Gasteiger partial charge in [0, 0.05) is 19.3 Å². The van der Waals surface area contributed by atoms with E-state index in [1.165, 1.54) is 0 Å². The lowest BCUT2D eigenvalue weighted by Crippen LogP contribution is -2.14. The molecule has 0 aliphatic rings. The van der Waals surface area contributed by atoms with Gasteiger partial charge >= 0.3 is 5.97 Å². The molecule has 0 aliphatic heterocycles. The van der Waals surface area contributed by atoms with Gasteiger partial charge in [-0.1, -0.05) is 0 Å². The topological polar surface area (TPSA) is 40.5 Å². The number of rotatable bonds is 4. The van der Waals surface area contributed by atoms with Crippen LogP contribution < -0.4 is 4.74 Å². The molecule has 0 amide bonds. The molecule has 1 aromatic heterocycles. The number of carbonyl (C=O) groups excluding carboxylic acids is 1. The summed E-state index contributed by atoms with van der Waals surface area (Å²) in [5.41, 5.74) is 1.08.